The van der Waals surface area contributed by atoms with Gasteiger partial charge in [0.05, 0.1) is 35.6 Å². The minimum Gasteiger partial charge on any atom is -0.478 e. The molecule has 2 atom stereocenters. The largest absolute Gasteiger partial charge is 0.478 e. The highest BCUT2D eigenvalue weighted by Gasteiger charge is 2.39. The van der Waals surface area contributed by atoms with Gasteiger partial charge >= 0.3 is 5.97 Å². The Morgan fingerprint density at radius 2 is 1.89 bits per heavy atom. The minimum atomic E-state index is -0.987. The molecule has 0 radical (unpaired) electrons. The van der Waals surface area contributed by atoms with Gasteiger partial charge in [-0.15, -0.1) is 0 Å². The average molecular weight is 377 g/mol. The molecule has 1 aliphatic carbocycles. The monoisotopic (exact) mass is 377 g/mol. The first-order valence-corrected chi connectivity index (χ1v) is 9.68. The zero-order chi connectivity index (χ0) is 20.1. The van der Waals surface area contributed by atoms with Crippen molar-refractivity contribution < 1.29 is 19.8 Å². The zero-order valence-electron chi connectivity index (χ0n) is 16.4. The smallest absolute Gasteiger partial charge is 0.335 e. The normalized spacial score (nSPS) is 19.7. The number of nitrogens with zero attached hydrogens (tertiary/aromatic N) is 2. The molecule has 1 amide bonds. The van der Waals surface area contributed by atoms with Crippen molar-refractivity contribution in [2.75, 3.05) is 22.9 Å². The zero-order valence-corrected chi connectivity index (χ0v) is 16.4. The molecule has 1 aliphatic heterocycles. The summed E-state index contributed by atoms with van der Waals surface area (Å²) in [6.45, 7) is 6.48. The van der Waals surface area contributed by atoms with Gasteiger partial charge in [0, 0.05) is 12.6 Å². The minimum absolute atomic E-state index is 0.0354. The van der Waals surface area contributed by atoms with E-state index in [2.05, 4.69) is 4.90 Å². The Labute approximate surface area is 160 Å². The first kappa shape index (κ1) is 21.2. The Morgan fingerprint density at radius 3 is 2.33 bits per heavy atom. The molecular weight excluding hydrogens is 346 g/mol. The van der Waals surface area contributed by atoms with Gasteiger partial charge in [-0.2, -0.15) is 0 Å². The van der Waals surface area contributed by atoms with Crippen LogP contribution in [0.2, 0.25) is 0 Å². The molecule has 1 fully saturated rings. The highest BCUT2D eigenvalue weighted by Crippen LogP contribution is 2.42. The lowest BCUT2D eigenvalue weighted by Gasteiger charge is -2.43. The van der Waals surface area contributed by atoms with E-state index in [4.69, 9.17) is 10.8 Å². The fourth-order valence-corrected chi connectivity index (χ4v) is 3.18. The Hall–Kier alpha value is -2.12. The molecule has 7 nitrogen and oxygen atoms in total. The number of carboxylic acids is 1. The van der Waals surface area contributed by atoms with Crippen molar-refractivity contribution in [3.8, 4) is 0 Å². The number of hydrogen-bond donors (Lipinski definition) is 3. The van der Waals surface area contributed by atoms with E-state index in [1.165, 1.54) is 0 Å². The molecule has 150 valence electrons. The molecule has 1 aromatic rings. The number of aliphatic hydroxyl groups excluding tert-OH is 1. The Morgan fingerprint density at radius 1 is 1.26 bits per heavy atom. The summed E-state index contributed by atoms with van der Waals surface area (Å²) >= 11 is 0. The van der Waals surface area contributed by atoms with Crippen LogP contribution in [0, 0.1) is 0 Å². The lowest BCUT2D eigenvalue weighted by Crippen LogP contribution is -2.53. The standard InChI is InChI=1S/C16H21N3O3.C4H10O/c1-2-11-9-18(12-4-5-12)13-6-3-10(16(21)22)7-14(13)19(11)15(20)8-17;1-3-4(2)5/h3,6-7,11-12H,2,4-5,8-9,17H2,1H3,(H,21,22);4-5H,3H2,1-2H3. The second-order valence-corrected chi connectivity index (χ2v) is 7.18. The number of fused-ring (bicyclic) bond motifs is 1. The second-order valence-electron chi connectivity index (χ2n) is 7.18. The summed E-state index contributed by atoms with van der Waals surface area (Å²) in [5.74, 6) is -1.15. The van der Waals surface area contributed by atoms with Gasteiger partial charge in [0.1, 0.15) is 0 Å². The molecule has 1 saturated carbocycles. The summed E-state index contributed by atoms with van der Waals surface area (Å²) < 4.78 is 0. The third-order valence-electron chi connectivity index (χ3n) is 5.06. The maximum absolute atomic E-state index is 12.3. The van der Waals surface area contributed by atoms with Crippen LogP contribution in [0.4, 0.5) is 11.4 Å². The first-order valence-electron chi connectivity index (χ1n) is 9.68. The van der Waals surface area contributed by atoms with E-state index in [9.17, 15) is 14.7 Å². The van der Waals surface area contributed by atoms with Crippen molar-refractivity contribution in [3.63, 3.8) is 0 Å². The predicted molar refractivity (Wildman–Crippen MR) is 106 cm³/mol. The molecule has 0 aromatic heterocycles. The van der Waals surface area contributed by atoms with E-state index < -0.39 is 5.97 Å². The van der Waals surface area contributed by atoms with Gasteiger partial charge in [-0.25, -0.2) is 4.79 Å². The van der Waals surface area contributed by atoms with Gasteiger partial charge in [0.2, 0.25) is 5.91 Å². The summed E-state index contributed by atoms with van der Waals surface area (Å²) in [5.41, 5.74) is 7.38. The van der Waals surface area contributed by atoms with E-state index in [-0.39, 0.29) is 30.2 Å². The molecule has 0 spiro atoms. The molecule has 1 heterocycles. The van der Waals surface area contributed by atoms with Crippen LogP contribution in [0.3, 0.4) is 0 Å². The van der Waals surface area contributed by atoms with Crippen LogP contribution < -0.4 is 15.5 Å². The van der Waals surface area contributed by atoms with Gasteiger partial charge in [0.15, 0.2) is 0 Å². The van der Waals surface area contributed by atoms with Crippen molar-refractivity contribution in [1.29, 1.82) is 0 Å². The van der Waals surface area contributed by atoms with Crippen molar-refractivity contribution in [2.24, 2.45) is 5.73 Å². The topological polar surface area (TPSA) is 107 Å². The maximum Gasteiger partial charge on any atom is 0.335 e. The molecule has 2 aliphatic rings. The summed E-state index contributed by atoms with van der Waals surface area (Å²) in [6.07, 6.45) is 3.86. The van der Waals surface area contributed by atoms with Crippen LogP contribution in [-0.2, 0) is 4.79 Å². The van der Waals surface area contributed by atoms with Crippen LogP contribution in [0.25, 0.3) is 0 Å². The summed E-state index contributed by atoms with van der Waals surface area (Å²) in [6, 6.07) is 5.57. The number of benzene rings is 1. The summed E-state index contributed by atoms with van der Waals surface area (Å²) in [5, 5.41) is 17.6. The molecule has 3 rings (SSSR count). The predicted octanol–water partition coefficient (Wildman–Crippen LogP) is 2.21. The van der Waals surface area contributed by atoms with Gasteiger partial charge in [-0.1, -0.05) is 13.8 Å². The van der Waals surface area contributed by atoms with E-state index in [1.807, 2.05) is 19.9 Å². The number of carboxylic acid groups (broad SMARTS) is 1. The number of carbonyl (C=O) groups excluding carboxylic acids is 1. The van der Waals surface area contributed by atoms with Crippen LogP contribution >= 0.6 is 0 Å². The molecular formula is C20H31N3O4. The lowest BCUT2D eigenvalue weighted by atomic mass is 10.0. The Balaban J connectivity index is 0.000000465. The van der Waals surface area contributed by atoms with Crippen LogP contribution in [0.5, 0.6) is 0 Å². The van der Waals surface area contributed by atoms with E-state index in [0.29, 0.717) is 11.7 Å². The molecule has 27 heavy (non-hydrogen) atoms. The fraction of sp³-hybridized carbons (Fsp3) is 0.600. The number of aromatic carboxylic acids is 1. The van der Waals surface area contributed by atoms with Gasteiger partial charge in [-0.3, -0.25) is 4.79 Å². The van der Waals surface area contributed by atoms with Gasteiger partial charge < -0.3 is 25.7 Å². The van der Waals surface area contributed by atoms with Crippen molar-refractivity contribution in [3.05, 3.63) is 23.8 Å². The molecule has 1 aromatic carbocycles. The van der Waals surface area contributed by atoms with Crippen LogP contribution in [0.15, 0.2) is 18.2 Å². The molecule has 0 saturated heterocycles. The summed E-state index contributed by atoms with van der Waals surface area (Å²) in [7, 11) is 0. The molecule has 4 N–H and O–H groups in total. The van der Waals surface area contributed by atoms with Gasteiger partial charge in [0.25, 0.3) is 0 Å². The molecule has 2 unspecified atom stereocenters. The van der Waals surface area contributed by atoms with Crippen LogP contribution in [-0.4, -0.2) is 53.4 Å². The lowest BCUT2D eigenvalue weighted by molar-refractivity contribution is -0.117. The number of hydrogen-bond acceptors (Lipinski definition) is 5. The first-order chi connectivity index (χ1) is 12.8. The van der Waals surface area contributed by atoms with Crippen molar-refractivity contribution in [1.82, 2.24) is 0 Å². The number of amides is 1. The Kier molecular flexibility index (Phi) is 7.21. The Bertz CT molecular complexity index is 673. The number of carbonyl (C=O) groups is 2. The van der Waals surface area contributed by atoms with Crippen molar-refractivity contribution >= 4 is 23.3 Å². The number of anilines is 2. The average Bonchev–Trinajstić information content (AvgIpc) is 3.50. The number of nitrogens with two attached hydrogens (primary N) is 1. The second kappa shape index (κ2) is 9.19. The fourth-order valence-electron chi connectivity index (χ4n) is 3.18. The van der Waals surface area contributed by atoms with Gasteiger partial charge in [-0.05, 0) is 50.8 Å². The van der Waals surface area contributed by atoms with E-state index in [1.54, 1.807) is 24.0 Å². The quantitative estimate of drug-likeness (QED) is 0.726. The molecule has 7 heteroatoms. The van der Waals surface area contributed by atoms with Crippen LogP contribution in [0.1, 0.15) is 56.8 Å². The third-order valence-corrected chi connectivity index (χ3v) is 5.06. The SMILES string of the molecule is CCC(C)O.CCC1CN(C2CC2)c2ccc(C(=O)O)cc2N1C(=O)CN. The highest BCUT2D eigenvalue weighted by molar-refractivity contribution is 6.01. The molecule has 0 bridgehead atoms. The van der Waals surface area contributed by atoms with Crippen molar-refractivity contribution in [2.45, 2.75) is 64.6 Å². The highest BCUT2D eigenvalue weighted by atomic mass is 16.4. The number of aliphatic hydroxyl groups is 1. The maximum atomic E-state index is 12.3. The van der Waals surface area contributed by atoms with E-state index >= 15 is 0 Å². The third kappa shape index (κ3) is 4.99. The summed E-state index contributed by atoms with van der Waals surface area (Å²) in [4.78, 5) is 27.6. The number of rotatable bonds is 5. The van der Waals surface area contributed by atoms with E-state index in [0.717, 1.165) is 37.9 Å².